The van der Waals surface area contributed by atoms with Crippen molar-refractivity contribution in [2.24, 2.45) is 0 Å². The minimum atomic E-state index is 1.07. The van der Waals surface area contributed by atoms with Crippen LogP contribution in [-0.4, -0.2) is 0 Å². The Labute approximate surface area is 144 Å². The molecule has 0 fully saturated rings. The van der Waals surface area contributed by atoms with Crippen LogP contribution in [0.15, 0.2) is 90.3 Å². The van der Waals surface area contributed by atoms with Crippen LogP contribution in [0.1, 0.15) is 27.8 Å². The fourth-order valence-electron chi connectivity index (χ4n) is 2.66. The Kier molecular flexibility index (Phi) is 4.94. The summed E-state index contributed by atoms with van der Waals surface area (Å²) in [7, 11) is 0. The first-order valence-corrected chi connectivity index (χ1v) is 8.14. The van der Waals surface area contributed by atoms with Gasteiger partial charge < -0.3 is 0 Å². The lowest BCUT2D eigenvalue weighted by Gasteiger charge is -2.10. The molecule has 0 amide bonds. The van der Waals surface area contributed by atoms with E-state index in [4.69, 9.17) is 0 Å². The lowest BCUT2D eigenvalue weighted by Crippen LogP contribution is -1.92. The average molecular weight is 308 g/mol. The molecule has 0 bridgehead atoms. The van der Waals surface area contributed by atoms with E-state index in [1.807, 2.05) is 30.3 Å². The molecule has 0 heteroatoms. The van der Waals surface area contributed by atoms with Gasteiger partial charge in [0.2, 0.25) is 0 Å². The summed E-state index contributed by atoms with van der Waals surface area (Å²) in [5.74, 6) is 0. The van der Waals surface area contributed by atoms with Crippen LogP contribution in [0.4, 0.5) is 0 Å². The summed E-state index contributed by atoms with van der Waals surface area (Å²) in [6, 6.07) is 27.0. The Hall–Kier alpha value is -3.04. The summed E-state index contributed by atoms with van der Waals surface area (Å²) in [5.41, 5.74) is 13.7. The maximum Gasteiger partial charge on any atom is 0.0396 e. The summed E-state index contributed by atoms with van der Waals surface area (Å²) >= 11 is 0. The van der Waals surface area contributed by atoms with Gasteiger partial charge in [0.25, 0.3) is 0 Å². The third kappa shape index (κ3) is 3.65. The van der Waals surface area contributed by atoms with Crippen molar-refractivity contribution in [3.8, 4) is 0 Å². The van der Waals surface area contributed by atoms with E-state index in [9.17, 15) is 0 Å². The zero-order chi connectivity index (χ0) is 16.8. The molecular weight excluding hydrogens is 288 g/mol. The second kappa shape index (κ2) is 7.49. The molecule has 0 saturated heterocycles. The zero-order valence-electron chi connectivity index (χ0n) is 14.1. The van der Waals surface area contributed by atoms with Crippen molar-refractivity contribution in [3.05, 3.63) is 118 Å². The summed E-state index contributed by atoms with van der Waals surface area (Å²) in [5, 5.41) is 0. The highest BCUT2D eigenvalue weighted by Crippen LogP contribution is 2.26. The molecule has 0 N–H and O–H groups in total. The standard InChI is InChI=1S/C24H20/c1-19-11-9-17-23(20(19)2)24(22-15-7-4-8-16-22)18-10-14-21-12-5-3-6-13-21/h3-9,11-17H,1-2H3. The Balaban J connectivity index is 2.18. The van der Waals surface area contributed by atoms with Crippen molar-refractivity contribution in [3.63, 3.8) is 0 Å². The first kappa shape index (κ1) is 15.8. The van der Waals surface area contributed by atoms with Crippen molar-refractivity contribution < 1.29 is 0 Å². The first-order chi connectivity index (χ1) is 11.8. The van der Waals surface area contributed by atoms with Crippen LogP contribution in [0.5, 0.6) is 0 Å². The highest BCUT2D eigenvalue weighted by Gasteiger charge is 2.08. The summed E-state index contributed by atoms with van der Waals surface area (Å²) < 4.78 is 0. The van der Waals surface area contributed by atoms with E-state index in [-0.39, 0.29) is 0 Å². The molecule has 0 atom stereocenters. The van der Waals surface area contributed by atoms with Gasteiger partial charge in [-0.15, -0.1) is 0 Å². The van der Waals surface area contributed by atoms with E-state index in [1.54, 1.807) is 0 Å². The second-order valence-corrected chi connectivity index (χ2v) is 5.81. The summed E-state index contributed by atoms with van der Waals surface area (Å²) in [4.78, 5) is 0. The Bertz CT molecular complexity index is 918. The van der Waals surface area contributed by atoms with Crippen LogP contribution < -0.4 is 0 Å². The molecule has 0 unspecified atom stereocenters. The third-order valence-corrected chi connectivity index (χ3v) is 4.17. The quantitative estimate of drug-likeness (QED) is 0.505. The first-order valence-electron chi connectivity index (χ1n) is 8.14. The van der Waals surface area contributed by atoms with Gasteiger partial charge in [0.05, 0.1) is 0 Å². The van der Waals surface area contributed by atoms with E-state index in [2.05, 4.69) is 79.9 Å². The number of benzene rings is 3. The van der Waals surface area contributed by atoms with Gasteiger partial charge in [-0.1, -0.05) is 90.3 Å². The normalized spacial score (nSPS) is 9.75. The molecule has 0 nitrogen and oxygen atoms in total. The number of aryl methyl sites for hydroxylation is 1. The molecule has 0 aliphatic carbocycles. The fraction of sp³-hybridized carbons (Fsp3) is 0.0833. The van der Waals surface area contributed by atoms with E-state index < -0.39 is 0 Å². The van der Waals surface area contributed by atoms with Crippen LogP contribution >= 0.6 is 0 Å². The number of rotatable bonds is 3. The zero-order valence-corrected chi connectivity index (χ0v) is 14.1. The van der Waals surface area contributed by atoms with Gasteiger partial charge in [0, 0.05) is 5.57 Å². The topological polar surface area (TPSA) is 0 Å². The minimum Gasteiger partial charge on any atom is -0.0689 e. The van der Waals surface area contributed by atoms with Crippen molar-refractivity contribution in [2.75, 3.05) is 0 Å². The average Bonchev–Trinajstić information content (AvgIpc) is 2.63. The monoisotopic (exact) mass is 308 g/mol. The second-order valence-electron chi connectivity index (χ2n) is 5.81. The Morgan fingerprint density at radius 1 is 0.750 bits per heavy atom. The van der Waals surface area contributed by atoms with Gasteiger partial charge in [0.15, 0.2) is 0 Å². The summed E-state index contributed by atoms with van der Waals surface area (Å²) in [6.07, 6.45) is 1.97. The van der Waals surface area contributed by atoms with E-state index in [1.165, 1.54) is 16.7 Å². The molecule has 3 aromatic rings. The molecule has 0 heterocycles. The lowest BCUT2D eigenvalue weighted by molar-refractivity contribution is 1.31. The molecule has 0 aromatic heterocycles. The SMILES string of the molecule is Cc1cccc(C(=C=C=Cc2ccccc2)c2ccccc2)c1C. The molecule has 3 rings (SSSR count). The smallest absolute Gasteiger partial charge is 0.0396 e. The molecule has 0 saturated carbocycles. The van der Waals surface area contributed by atoms with E-state index in [0.29, 0.717) is 0 Å². The fourth-order valence-corrected chi connectivity index (χ4v) is 2.66. The predicted octanol–water partition coefficient (Wildman–Crippen LogP) is 6.20. The van der Waals surface area contributed by atoms with E-state index in [0.717, 1.165) is 16.7 Å². The number of hydrogen-bond acceptors (Lipinski definition) is 0. The Morgan fingerprint density at radius 3 is 2.12 bits per heavy atom. The van der Waals surface area contributed by atoms with Crippen LogP contribution in [0.25, 0.3) is 11.6 Å². The van der Waals surface area contributed by atoms with Crippen LogP contribution in [0.2, 0.25) is 0 Å². The molecule has 24 heavy (non-hydrogen) atoms. The van der Waals surface area contributed by atoms with Crippen molar-refractivity contribution in [1.82, 2.24) is 0 Å². The third-order valence-electron chi connectivity index (χ3n) is 4.17. The van der Waals surface area contributed by atoms with Crippen LogP contribution in [-0.2, 0) is 0 Å². The van der Waals surface area contributed by atoms with Gasteiger partial charge in [-0.2, -0.15) is 0 Å². The molecule has 0 radical (unpaired) electrons. The van der Waals surface area contributed by atoms with Gasteiger partial charge in [0.1, 0.15) is 0 Å². The highest BCUT2D eigenvalue weighted by atomic mass is 14.1. The maximum atomic E-state index is 3.38. The minimum absolute atomic E-state index is 1.07. The molecule has 3 aromatic carbocycles. The largest absolute Gasteiger partial charge is 0.0689 e. The van der Waals surface area contributed by atoms with Crippen molar-refractivity contribution in [1.29, 1.82) is 0 Å². The number of hydrogen-bond donors (Lipinski definition) is 0. The molecule has 0 aliphatic rings. The molecular formula is C24H20. The van der Waals surface area contributed by atoms with Gasteiger partial charge in [-0.3, -0.25) is 0 Å². The molecule has 0 aliphatic heterocycles. The van der Waals surface area contributed by atoms with E-state index >= 15 is 0 Å². The Morgan fingerprint density at radius 2 is 1.42 bits per heavy atom. The molecule has 0 spiro atoms. The van der Waals surface area contributed by atoms with Gasteiger partial charge in [-0.25, -0.2) is 0 Å². The van der Waals surface area contributed by atoms with Crippen molar-refractivity contribution in [2.45, 2.75) is 13.8 Å². The van der Waals surface area contributed by atoms with Gasteiger partial charge >= 0.3 is 0 Å². The lowest BCUT2D eigenvalue weighted by atomic mass is 9.93. The van der Waals surface area contributed by atoms with Gasteiger partial charge in [-0.05, 0) is 47.7 Å². The predicted molar refractivity (Wildman–Crippen MR) is 103 cm³/mol. The molecule has 116 valence electrons. The van der Waals surface area contributed by atoms with Crippen molar-refractivity contribution >= 4 is 11.6 Å². The maximum absolute atomic E-state index is 3.38. The summed E-state index contributed by atoms with van der Waals surface area (Å²) in [6.45, 7) is 4.31. The van der Waals surface area contributed by atoms with Crippen LogP contribution in [0.3, 0.4) is 0 Å². The highest BCUT2D eigenvalue weighted by molar-refractivity contribution is 5.81. The van der Waals surface area contributed by atoms with Crippen LogP contribution in [0, 0.1) is 13.8 Å².